The molecule has 0 aliphatic carbocycles. The minimum Gasteiger partial charge on any atom is -0.394 e. The van der Waals surface area contributed by atoms with Crippen molar-refractivity contribution >= 4 is 5.91 Å². The molecule has 0 radical (unpaired) electrons. The molecule has 102 valence electrons. The van der Waals surface area contributed by atoms with Crippen molar-refractivity contribution in [2.75, 3.05) is 6.61 Å². The summed E-state index contributed by atoms with van der Waals surface area (Å²) in [6.07, 6.45) is 1.48. The molecular weight excluding hydrogens is 230 g/mol. The second kappa shape index (κ2) is 6.00. The van der Waals surface area contributed by atoms with E-state index in [0.717, 1.165) is 12.1 Å². The van der Waals surface area contributed by atoms with Gasteiger partial charge in [-0.25, -0.2) is 0 Å². The van der Waals surface area contributed by atoms with Crippen LogP contribution in [0.2, 0.25) is 0 Å². The third-order valence-electron chi connectivity index (χ3n) is 3.27. The average Bonchev–Trinajstić information content (AvgIpc) is 2.81. The summed E-state index contributed by atoms with van der Waals surface area (Å²) in [6.45, 7) is 8.31. The first kappa shape index (κ1) is 14.7. The number of amides is 1. The summed E-state index contributed by atoms with van der Waals surface area (Å²) in [5.74, 6) is -0.178. The summed E-state index contributed by atoms with van der Waals surface area (Å²) in [7, 11) is 0. The van der Waals surface area contributed by atoms with Crippen molar-refractivity contribution in [3.63, 3.8) is 0 Å². The van der Waals surface area contributed by atoms with E-state index in [-0.39, 0.29) is 12.5 Å². The van der Waals surface area contributed by atoms with Gasteiger partial charge in [0.2, 0.25) is 0 Å². The molecule has 0 aliphatic heterocycles. The van der Waals surface area contributed by atoms with Gasteiger partial charge in [-0.15, -0.1) is 0 Å². The van der Waals surface area contributed by atoms with Crippen LogP contribution in [0.1, 0.15) is 50.3 Å². The van der Waals surface area contributed by atoms with Gasteiger partial charge in [-0.05, 0) is 32.8 Å². The highest BCUT2D eigenvalue weighted by Crippen LogP contribution is 2.11. The molecule has 0 aliphatic rings. The molecule has 0 fully saturated rings. The van der Waals surface area contributed by atoms with E-state index in [1.165, 1.54) is 0 Å². The van der Waals surface area contributed by atoms with Crippen LogP contribution in [0.3, 0.4) is 0 Å². The molecule has 0 saturated heterocycles. The van der Waals surface area contributed by atoms with Crippen molar-refractivity contribution in [3.8, 4) is 0 Å². The molecule has 1 unspecified atom stereocenters. The van der Waals surface area contributed by atoms with Crippen molar-refractivity contribution < 1.29 is 9.90 Å². The van der Waals surface area contributed by atoms with Gasteiger partial charge in [0.25, 0.3) is 5.91 Å². The smallest absolute Gasteiger partial charge is 0.270 e. The number of carbonyl (C=O) groups is 1. The lowest BCUT2D eigenvalue weighted by molar-refractivity contribution is 0.0836. The second-order valence-corrected chi connectivity index (χ2v) is 4.72. The van der Waals surface area contributed by atoms with Gasteiger partial charge in [-0.2, -0.15) is 5.10 Å². The summed E-state index contributed by atoms with van der Waals surface area (Å²) in [5, 5.41) is 16.5. The largest absolute Gasteiger partial charge is 0.394 e. The van der Waals surface area contributed by atoms with E-state index < -0.39 is 5.54 Å². The molecule has 0 bridgehead atoms. The van der Waals surface area contributed by atoms with Gasteiger partial charge in [-0.1, -0.05) is 13.8 Å². The van der Waals surface area contributed by atoms with Gasteiger partial charge in [0.1, 0.15) is 5.69 Å². The molecule has 0 spiro atoms. The Morgan fingerprint density at radius 3 is 2.61 bits per heavy atom. The van der Waals surface area contributed by atoms with Crippen LogP contribution in [0.5, 0.6) is 0 Å². The Kier molecular flexibility index (Phi) is 4.90. The lowest BCUT2D eigenvalue weighted by Gasteiger charge is -2.27. The number of aryl methyl sites for hydroxylation is 2. The van der Waals surface area contributed by atoms with Crippen molar-refractivity contribution in [1.29, 1.82) is 0 Å². The van der Waals surface area contributed by atoms with Gasteiger partial charge in [-0.3, -0.25) is 9.48 Å². The van der Waals surface area contributed by atoms with Crippen LogP contribution in [-0.4, -0.2) is 32.9 Å². The molecule has 1 aromatic heterocycles. The second-order valence-electron chi connectivity index (χ2n) is 4.72. The maximum atomic E-state index is 12.2. The zero-order valence-corrected chi connectivity index (χ0v) is 11.7. The van der Waals surface area contributed by atoms with E-state index in [1.807, 2.05) is 33.8 Å². The Balaban J connectivity index is 2.93. The lowest BCUT2D eigenvalue weighted by Crippen LogP contribution is -2.48. The molecule has 1 rings (SSSR count). The maximum absolute atomic E-state index is 12.2. The highest BCUT2D eigenvalue weighted by molar-refractivity contribution is 5.93. The minimum absolute atomic E-state index is 0.0733. The number of rotatable bonds is 6. The third-order valence-corrected chi connectivity index (χ3v) is 3.27. The number of carbonyl (C=O) groups excluding carboxylic acids is 1. The van der Waals surface area contributed by atoms with Crippen LogP contribution >= 0.6 is 0 Å². The first-order valence-electron chi connectivity index (χ1n) is 6.49. The quantitative estimate of drug-likeness (QED) is 0.804. The molecular formula is C13H23N3O2. The van der Waals surface area contributed by atoms with E-state index in [2.05, 4.69) is 10.4 Å². The Labute approximate surface area is 108 Å². The van der Waals surface area contributed by atoms with Crippen LogP contribution in [0.25, 0.3) is 0 Å². The van der Waals surface area contributed by atoms with Crippen LogP contribution < -0.4 is 5.32 Å². The molecule has 5 heteroatoms. The molecule has 0 aromatic carbocycles. The molecule has 18 heavy (non-hydrogen) atoms. The fourth-order valence-corrected chi connectivity index (χ4v) is 1.64. The molecule has 1 heterocycles. The molecule has 5 nitrogen and oxygen atoms in total. The summed E-state index contributed by atoms with van der Waals surface area (Å²) in [6, 6.07) is 1.81. The maximum Gasteiger partial charge on any atom is 0.270 e. The van der Waals surface area contributed by atoms with E-state index in [9.17, 15) is 9.90 Å². The van der Waals surface area contributed by atoms with Gasteiger partial charge in [0.15, 0.2) is 0 Å². The number of hydrogen-bond acceptors (Lipinski definition) is 3. The fourth-order valence-electron chi connectivity index (χ4n) is 1.64. The predicted molar refractivity (Wildman–Crippen MR) is 70.5 cm³/mol. The van der Waals surface area contributed by atoms with E-state index in [1.54, 1.807) is 4.68 Å². The SMILES string of the molecule is CCc1cc(C(=O)NC(C)(CC)CO)n(CC)n1. The average molecular weight is 253 g/mol. The van der Waals surface area contributed by atoms with Gasteiger partial charge >= 0.3 is 0 Å². The number of hydrogen-bond donors (Lipinski definition) is 2. The Morgan fingerprint density at radius 1 is 1.50 bits per heavy atom. The van der Waals surface area contributed by atoms with Crippen LogP contribution in [0, 0.1) is 0 Å². The van der Waals surface area contributed by atoms with Crippen LogP contribution in [0.15, 0.2) is 6.07 Å². The Bertz CT molecular complexity index is 408. The monoisotopic (exact) mass is 253 g/mol. The number of nitrogens with one attached hydrogen (secondary N) is 1. The highest BCUT2D eigenvalue weighted by atomic mass is 16.3. The van der Waals surface area contributed by atoms with Crippen molar-refractivity contribution in [1.82, 2.24) is 15.1 Å². The number of nitrogens with zero attached hydrogens (tertiary/aromatic N) is 2. The predicted octanol–water partition coefficient (Wildman–Crippen LogP) is 1.36. The number of aromatic nitrogens is 2. The molecule has 1 aromatic rings. The summed E-state index contributed by atoms with van der Waals surface area (Å²) in [4.78, 5) is 12.2. The third kappa shape index (κ3) is 3.10. The number of aliphatic hydroxyl groups is 1. The first-order valence-corrected chi connectivity index (χ1v) is 6.49. The molecule has 1 atom stereocenters. The summed E-state index contributed by atoms with van der Waals surface area (Å²) >= 11 is 0. The van der Waals surface area contributed by atoms with Crippen molar-refractivity contribution in [3.05, 3.63) is 17.5 Å². The van der Waals surface area contributed by atoms with E-state index in [4.69, 9.17) is 0 Å². The van der Waals surface area contributed by atoms with E-state index in [0.29, 0.717) is 18.7 Å². The van der Waals surface area contributed by atoms with E-state index >= 15 is 0 Å². The normalized spacial score (nSPS) is 14.3. The van der Waals surface area contributed by atoms with Gasteiger partial charge in [0.05, 0.1) is 17.8 Å². The Morgan fingerprint density at radius 2 is 2.17 bits per heavy atom. The molecule has 0 saturated carbocycles. The summed E-state index contributed by atoms with van der Waals surface area (Å²) < 4.78 is 1.70. The van der Waals surface area contributed by atoms with Crippen molar-refractivity contribution in [2.45, 2.75) is 52.6 Å². The minimum atomic E-state index is -0.577. The lowest BCUT2D eigenvalue weighted by atomic mass is 10.00. The van der Waals surface area contributed by atoms with Gasteiger partial charge in [0, 0.05) is 6.54 Å². The topological polar surface area (TPSA) is 67.2 Å². The van der Waals surface area contributed by atoms with Crippen LogP contribution in [0.4, 0.5) is 0 Å². The van der Waals surface area contributed by atoms with Gasteiger partial charge < -0.3 is 10.4 Å². The Hall–Kier alpha value is -1.36. The van der Waals surface area contributed by atoms with Crippen LogP contribution in [-0.2, 0) is 13.0 Å². The van der Waals surface area contributed by atoms with Crippen molar-refractivity contribution in [2.24, 2.45) is 0 Å². The zero-order chi connectivity index (χ0) is 13.8. The molecule has 2 N–H and O–H groups in total. The standard InChI is InChI=1S/C13H23N3O2/c1-5-10-8-11(16(7-3)15-10)12(18)14-13(4,6-2)9-17/h8,17H,5-7,9H2,1-4H3,(H,14,18). The fraction of sp³-hybridized carbons (Fsp3) is 0.692. The number of aliphatic hydroxyl groups excluding tert-OH is 1. The zero-order valence-electron chi connectivity index (χ0n) is 11.7. The molecule has 1 amide bonds. The highest BCUT2D eigenvalue weighted by Gasteiger charge is 2.25. The first-order chi connectivity index (χ1) is 8.49. The summed E-state index contributed by atoms with van der Waals surface area (Å²) in [5.41, 5.74) is 0.887.